The lowest BCUT2D eigenvalue weighted by Gasteiger charge is -2.08. The van der Waals surface area contributed by atoms with Gasteiger partial charge in [-0.25, -0.2) is 4.39 Å². The number of benzene rings is 2. The van der Waals surface area contributed by atoms with E-state index >= 15 is 0 Å². The summed E-state index contributed by atoms with van der Waals surface area (Å²) in [5.74, 6) is -0.822. The van der Waals surface area contributed by atoms with Gasteiger partial charge in [-0.05, 0) is 43.2 Å². The number of aryl methyl sites for hydroxylation is 2. The summed E-state index contributed by atoms with van der Waals surface area (Å²) >= 11 is 0. The molecule has 92 valence electrons. The second-order valence-corrected chi connectivity index (χ2v) is 4.39. The van der Waals surface area contributed by atoms with E-state index in [-0.39, 0.29) is 11.3 Å². The quantitative estimate of drug-likeness (QED) is 0.650. The highest BCUT2D eigenvalue weighted by molar-refractivity contribution is 6.10. The molecule has 2 aromatic rings. The van der Waals surface area contributed by atoms with Gasteiger partial charge in [0.2, 0.25) is 0 Å². The van der Waals surface area contributed by atoms with Crippen LogP contribution in [0.15, 0.2) is 36.4 Å². The zero-order chi connectivity index (χ0) is 13.3. The Hall–Kier alpha value is -2.16. The number of nitrogens with two attached hydrogens (primary N) is 1. The Labute approximate surface area is 105 Å². The molecule has 0 radical (unpaired) electrons. The summed E-state index contributed by atoms with van der Waals surface area (Å²) in [6.07, 6.45) is 0. The van der Waals surface area contributed by atoms with Crippen LogP contribution in [0.2, 0.25) is 0 Å². The second-order valence-electron chi connectivity index (χ2n) is 4.39. The third-order valence-corrected chi connectivity index (χ3v) is 2.81. The first-order chi connectivity index (χ1) is 8.49. The van der Waals surface area contributed by atoms with E-state index in [4.69, 9.17) is 5.73 Å². The second kappa shape index (κ2) is 4.61. The maximum Gasteiger partial charge on any atom is 0.196 e. The van der Waals surface area contributed by atoms with Crippen molar-refractivity contribution in [1.82, 2.24) is 0 Å². The fourth-order valence-corrected chi connectivity index (χ4v) is 2.03. The minimum absolute atomic E-state index is 0.117. The van der Waals surface area contributed by atoms with E-state index in [1.807, 2.05) is 0 Å². The van der Waals surface area contributed by atoms with Crippen molar-refractivity contribution in [1.29, 1.82) is 0 Å². The number of halogens is 1. The lowest BCUT2D eigenvalue weighted by molar-refractivity contribution is 0.103. The van der Waals surface area contributed by atoms with E-state index in [2.05, 4.69) is 0 Å². The van der Waals surface area contributed by atoms with Gasteiger partial charge in [-0.15, -0.1) is 0 Å². The number of carbonyl (C=O) groups excluding carboxylic acids is 1. The number of anilines is 1. The van der Waals surface area contributed by atoms with E-state index in [1.54, 1.807) is 44.2 Å². The minimum Gasteiger partial charge on any atom is -0.399 e. The van der Waals surface area contributed by atoms with Gasteiger partial charge in [-0.1, -0.05) is 18.2 Å². The molecule has 0 unspecified atom stereocenters. The molecular weight excluding hydrogens is 229 g/mol. The molecule has 0 saturated carbocycles. The molecule has 3 heteroatoms. The van der Waals surface area contributed by atoms with E-state index < -0.39 is 5.82 Å². The molecule has 0 aromatic heterocycles. The van der Waals surface area contributed by atoms with Crippen molar-refractivity contribution in [3.8, 4) is 0 Å². The highest BCUT2D eigenvalue weighted by Gasteiger charge is 2.17. The zero-order valence-electron chi connectivity index (χ0n) is 10.3. The molecule has 0 bridgehead atoms. The third-order valence-electron chi connectivity index (χ3n) is 2.81. The molecule has 0 aliphatic carbocycles. The maximum absolute atomic E-state index is 13.9. The van der Waals surface area contributed by atoms with Gasteiger partial charge in [0.05, 0.1) is 5.56 Å². The van der Waals surface area contributed by atoms with Crippen LogP contribution < -0.4 is 5.73 Å². The predicted molar refractivity (Wildman–Crippen MR) is 70.2 cm³/mol. The average Bonchev–Trinajstić information content (AvgIpc) is 2.27. The molecule has 2 rings (SSSR count). The third kappa shape index (κ3) is 2.25. The van der Waals surface area contributed by atoms with E-state index in [0.717, 1.165) is 5.56 Å². The van der Waals surface area contributed by atoms with Gasteiger partial charge >= 0.3 is 0 Å². The molecule has 0 heterocycles. The molecule has 18 heavy (non-hydrogen) atoms. The molecule has 2 N–H and O–H groups in total. The van der Waals surface area contributed by atoms with Crippen molar-refractivity contribution in [2.24, 2.45) is 0 Å². The van der Waals surface area contributed by atoms with Crippen LogP contribution in [0.5, 0.6) is 0 Å². The largest absolute Gasteiger partial charge is 0.399 e. The van der Waals surface area contributed by atoms with Crippen LogP contribution in [0.4, 0.5) is 10.1 Å². The first-order valence-electron chi connectivity index (χ1n) is 5.66. The van der Waals surface area contributed by atoms with Crippen LogP contribution >= 0.6 is 0 Å². The molecule has 0 aliphatic rings. The van der Waals surface area contributed by atoms with Crippen molar-refractivity contribution in [2.75, 3.05) is 5.73 Å². The number of nitrogen functional groups attached to an aromatic ring is 1. The number of rotatable bonds is 2. The molecule has 0 saturated heterocycles. The number of ketones is 1. The van der Waals surface area contributed by atoms with Crippen LogP contribution in [0.1, 0.15) is 27.0 Å². The van der Waals surface area contributed by atoms with Gasteiger partial charge in [-0.2, -0.15) is 0 Å². The smallest absolute Gasteiger partial charge is 0.196 e. The summed E-state index contributed by atoms with van der Waals surface area (Å²) in [4.78, 5) is 12.3. The van der Waals surface area contributed by atoms with Crippen molar-refractivity contribution in [3.05, 3.63) is 64.5 Å². The Morgan fingerprint density at radius 2 is 1.89 bits per heavy atom. The van der Waals surface area contributed by atoms with Crippen molar-refractivity contribution >= 4 is 11.5 Å². The molecule has 0 fully saturated rings. The number of carbonyl (C=O) groups is 1. The summed E-state index contributed by atoms with van der Waals surface area (Å²) in [6, 6.07) is 9.73. The molecule has 0 atom stereocenters. The normalized spacial score (nSPS) is 10.4. The van der Waals surface area contributed by atoms with Crippen LogP contribution in [0, 0.1) is 19.7 Å². The first kappa shape index (κ1) is 12.3. The van der Waals surface area contributed by atoms with Crippen molar-refractivity contribution < 1.29 is 9.18 Å². The summed E-state index contributed by atoms with van der Waals surface area (Å²) in [6.45, 7) is 3.53. The number of hydrogen-bond acceptors (Lipinski definition) is 2. The van der Waals surface area contributed by atoms with Gasteiger partial charge in [0.15, 0.2) is 5.78 Å². The van der Waals surface area contributed by atoms with E-state index in [0.29, 0.717) is 16.8 Å². The molecule has 2 aromatic carbocycles. The summed E-state index contributed by atoms with van der Waals surface area (Å²) in [7, 11) is 0. The summed E-state index contributed by atoms with van der Waals surface area (Å²) < 4.78 is 13.9. The fourth-order valence-electron chi connectivity index (χ4n) is 2.03. The molecule has 0 spiro atoms. The maximum atomic E-state index is 13.9. The standard InChI is InChI=1S/C15H14FNO/c1-9-6-10(2)14(13(16)7-9)15(18)11-4-3-5-12(17)8-11/h3-8H,17H2,1-2H3. The van der Waals surface area contributed by atoms with Gasteiger partial charge < -0.3 is 5.73 Å². The van der Waals surface area contributed by atoms with Crippen LogP contribution in [-0.4, -0.2) is 5.78 Å². The lowest BCUT2D eigenvalue weighted by atomic mass is 9.97. The van der Waals surface area contributed by atoms with Gasteiger partial charge in [-0.3, -0.25) is 4.79 Å². The highest BCUT2D eigenvalue weighted by atomic mass is 19.1. The minimum atomic E-state index is -0.486. The summed E-state index contributed by atoms with van der Waals surface area (Å²) in [5.41, 5.74) is 8.08. The average molecular weight is 243 g/mol. The zero-order valence-corrected chi connectivity index (χ0v) is 10.3. The van der Waals surface area contributed by atoms with E-state index in [1.165, 1.54) is 6.07 Å². The van der Waals surface area contributed by atoms with Gasteiger partial charge in [0.25, 0.3) is 0 Å². The van der Waals surface area contributed by atoms with Crippen molar-refractivity contribution in [2.45, 2.75) is 13.8 Å². The Morgan fingerprint density at radius 1 is 1.17 bits per heavy atom. The van der Waals surface area contributed by atoms with Crippen LogP contribution in [0.25, 0.3) is 0 Å². The van der Waals surface area contributed by atoms with Gasteiger partial charge in [0, 0.05) is 11.3 Å². The summed E-state index contributed by atoms with van der Waals surface area (Å²) in [5, 5.41) is 0. The molecule has 0 amide bonds. The molecule has 2 nitrogen and oxygen atoms in total. The predicted octanol–water partition coefficient (Wildman–Crippen LogP) is 3.26. The van der Waals surface area contributed by atoms with Crippen LogP contribution in [-0.2, 0) is 0 Å². The Kier molecular flexibility index (Phi) is 3.15. The monoisotopic (exact) mass is 243 g/mol. The topological polar surface area (TPSA) is 43.1 Å². The van der Waals surface area contributed by atoms with Gasteiger partial charge in [0.1, 0.15) is 5.82 Å². The number of hydrogen-bond donors (Lipinski definition) is 1. The van der Waals surface area contributed by atoms with Crippen molar-refractivity contribution in [3.63, 3.8) is 0 Å². The Morgan fingerprint density at radius 3 is 2.50 bits per heavy atom. The first-order valence-corrected chi connectivity index (χ1v) is 5.66. The Bertz CT molecular complexity index is 597. The molecule has 0 aliphatic heterocycles. The SMILES string of the molecule is Cc1cc(C)c(C(=O)c2cccc(N)c2)c(F)c1. The fraction of sp³-hybridized carbons (Fsp3) is 0.133. The van der Waals surface area contributed by atoms with Crippen LogP contribution in [0.3, 0.4) is 0 Å². The lowest BCUT2D eigenvalue weighted by Crippen LogP contribution is -2.07. The Balaban J connectivity index is 2.53. The highest BCUT2D eigenvalue weighted by Crippen LogP contribution is 2.20. The van der Waals surface area contributed by atoms with E-state index in [9.17, 15) is 9.18 Å². The molecular formula is C15H14FNO.